The third-order valence-electron chi connectivity index (χ3n) is 3.13. The quantitative estimate of drug-likeness (QED) is 0.590. The lowest BCUT2D eigenvalue weighted by Gasteiger charge is -2.11. The summed E-state index contributed by atoms with van der Waals surface area (Å²) in [5.74, 6) is 0. The molecule has 0 atom stereocenters. The second-order valence-corrected chi connectivity index (χ2v) is 4.75. The van der Waals surface area contributed by atoms with Crippen LogP contribution in [0.3, 0.4) is 0 Å². The molecule has 1 aromatic rings. The molecular weight excluding hydrogens is 206 g/mol. The largest absolute Gasteiger partial charge is 0.385 e. The zero-order valence-electron chi connectivity index (χ0n) is 11.5. The van der Waals surface area contributed by atoms with Crippen molar-refractivity contribution in [2.75, 3.05) is 11.9 Å². The summed E-state index contributed by atoms with van der Waals surface area (Å²) in [7, 11) is 0. The number of anilines is 1. The maximum Gasteiger partial charge on any atom is 0.0372 e. The van der Waals surface area contributed by atoms with Crippen molar-refractivity contribution in [3.63, 3.8) is 0 Å². The highest BCUT2D eigenvalue weighted by Gasteiger charge is 1.99. The number of para-hydroxylation sites is 1. The molecule has 0 spiro atoms. The molecule has 1 rings (SSSR count). The molecule has 0 aromatic heterocycles. The van der Waals surface area contributed by atoms with Crippen LogP contribution < -0.4 is 5.32 Å². The minimum Gasteiger partial charge on any atom is -0.385 e. The molecule has 0 radical (unpaired) electrons. The van der Waals surface area contributed by atoms with Gasteiger partial charge < -0.3 is 5.32 Å². The van der Waals surface area contributed by atoms with E-state index in [0.717, 1.165) is 6.54 Å². The van der Waals surface area contributed by atoms with Gasteiger partial charge in [-0.25, -0.2) is 0 Å². The number of nitrogens with one attached hydrogen (secondary N) is 1. The van der Waals surface area contributed by atoms with Crippen LogP contribution >= 0.6 is 0 Å². The van der Waals surface area contributed by atoms with Crippen molar-refractivity contribution < 1.29 is 0 Å². The Labute approximate surface area is 107 Å². The minimum absolute atomic E-state index is 1.12. The van der Waals surface area contributed by atoms with E-state index < -0.39 is 0 Å². The lowest BCUT2D eigenvalue weighted by atomic mass is 10.1. The third kappa shape index (κ3) is 5.76. The topological polar surface area (TPSA) is 12.0 Å². The smallest absolute Gasteiger partial charge is 0.0372 e. The second-order valence-electron chi connectivity index (χ2n) is 4.75. The molecular formula is C16H27N. The Hall–Kier alpha value is -0.980. The fourth-order valence-corrected chi connectivity index (χ4v) is 2.13. The Kier molecular flexibility index (Phi) is 7.53. The van der Waals surface area contributed by atoms with E-state index in [1.165, 1.54) is 56.2 Å². The molecule has 1 aromatic carbocycles. The monoisotopic (exact) mass is 233 g/mol. The van der Waals surface area contributed by atoms with Gasteiger partial charge in [-0.05, 0) is 24.5 Å². The summed E-state index contributed by atoms with van der Waals surface area (Å²) < 4.78 is 0. The number of hydrogen-bond acceptors (Lipinski definition) is 1. The second kappa shape index (κ2) is 9.09. The van der Waals surface area contributed by atoms with E-state index in [2.05, 4.69) is 43.4 Å². The lowest BCUT2D eigenvalue weighted by Crippen LogP contribution is -2.04. The molecule has 0 aliphatic rings. The average molecular weight is 233 g/mol. The van der Waals surface area contributed by atoms with E-state index >= 15 is 0 Å². The molecule has 0 aliphatic heterocycles. The standard InChI is InChI=1S/C16H27N/c1-3-5-6-7-10-14-17-16-13-9-8-12-15(16)11-4-2/h8-9,12-13,17H,3-7,10-11,14H2,1-2H3. The van der Waals surface area contributed by atoms with Gasteiger partial charge in [0.25, 0.3) is 0 Å². The molecule has 0 saturated heterocycles. The maximum absolute atomic E-state index is 3.57. The van der Waals surface area contributed by atoms with Crippen molar-refractivity contribution in [3.8, 4) is 0 Å². The van der Waals surface area contributed by atoms with Gasteiger partial charge in [-0.1, -0.05) is 64.2 Å². The van der Waals surface area contributed by atoms with Gasteiger partial charge >= 0.3 is 0 Å². The molecule has 0 aliphatic carbocycles. The summed E-state index contributed by atoms with van der Waals surface area (Å²) in [6, 6.07) is 8.70. The first-order chi connectivity index (χ1) is 8.38. The van der Waals surface area contributed by atoms with E-state index in [1.54, 1.807) is 0 Å². The predicted molar refractivity (Wildman–Crippen MR) is 77.7 cm³/mol. The molecule has 0 bridgehead atoms. The van der Waals surface area contributed by atoms with E-state index in [4.69, 9.17) is 0 Å². The van der Waals surface area contributed by atoms with Gasteiger partial charge in [0, 0.05) is 12.2 Å². The van der Waals surface area contributed by atoms with Crippen molar-refractivity contribution in [3.05, 3.63) is 29.8 Å². The molecule has 0 heterocycles. The van der Waals surface area contributed by atoms with Crippen molar-refractivity contribution >= 4 is 5.69 Å². The number of hydrogen-bond donors (Lipinski definition) is 1. The average Bonchev–Trinajstić information content (AvgIpc) is 2.36. The van der Waals surface area contributed by atoms with E-state index in [9.17, 15) is 0 Å². The molecule has 17 heavy (non-hydrogen) atoms. The van der Waals surface area contributed by atoms with Gasteiger partial charge in [0.15, 0.2) is 0 Å². The summed E-state index contributed by atoms with van der Waals surface area (Å²) in [4.78, 5) is 0. The summed E-state index contributed by atoms with van der Waals surface area (Å²) in [6.07, 6.45) is 9.14. The first-order valence-electron chi connectivity index (χ1n) is 7.20. The van der Waals surface area contributed by atoms with Crippen LogP contribution in [0.2, 0.25) is 0 Å². The molecule has 0 unspecified atom stereocenters. The van der Waals surface area contributed by atoms with E-state index in [0.29, 0.717) is 0 Å². The van der Waals surface area contributed by atoms with Crippen LogP contribution in [0.4, 0.5) is 5.69 Å². The fraction of sp³-hybridized carbons (Fsp3) is 0.625. The van der Waals surface area contributed by atoms with Crippen LogP contribution in [-0.4, -0.2) is 6.54 Å². The zero-order chi connectivity index (χ0) is 12.3. The highest BCUT2D eigenvalue weighted by Crippen LogP contribution is 2.16. The van der Waals surface area contributed by atoms with Crippen LogP contribution in [0.1, 0.15) is 57.9 Å². The van der Waals surface area contributed by atoms with Crippen LogP contribution in [-0.2, 0) is 6.42 Å². The number of benzene rings is 1. The van der Waals surface area contributed by atoms with Gasteiger partial charge in [0.1, 0.15) is 0 Å². The first kappa shape index (κ1) is 14.1. The van der Waals surface area contributed by atoms with Crippen molar-refractivity contribution in [1.29, 1.82) is 0 Å². The van der Waals surface area contributed by atoms with Gasteiger partial charge in [-0.3, -0.25) is 0 Å². The highest BCUT2D eigenvalue weighted by atomic mass is 14.9. The van der Waals surface area contributed by atoms with Gasteiger partial charge in [0.05, 0.1) is 0 Å². The van der Waals surface area contributed by atoms with E-state index in [1.807, 2.05) is 0 Å². The minimum atomic E-state index is 1.12. The maximum atomic E-state index is 3.57. The molecule has 96 valence electrons. The van der Waals surface area contributed by atoms with Gasteiger partial charge in [0.2, 0.25) is 0 Å². The summed E-state index contributed by atoms with van der Waals surface area (Å²) in [6.45, 7) is 5.62. The number of aryl methyl sites for hydroxylation is 1. The summed E-state index contributed by atoms with van der Waals surface area (Å²) >= 11 is 0. The Morgan fingerprint density at radius 2 is 1.65 bits per heavy atom. The number of unbranched alkanes of at least 4 members (excludes halogenated alkanes) is 4. The van der Waals surface area contributed by atoms with Crippen LogP contribution in [0.5, 0.6) is 0 Å². The molecule has 1 nitrogen and oxygen atoms in total. The molecule has 0 saturated carbocycles. The zero-order valence-corrected chi connectivity index (χ0v) is 11.5. The number of rotatable bonds is 9. The third-order valence-corrected chi connectivity index (χ3v) is 3.13. The Morgan fingerprint density at radius 3 is 2.41 bits per heavy atom. The first-order valence-corrected chi connectivity index (χ1v) is 7.20. The molecule has 0 fully saturated rings. The SMILES string of the molecule is CCCCCCCNc1ccccc1CCC. The summed E-state index contributed by atoms with van der Waals surface area (Å²) in [5.41, 5.74) is 2.80. The van der Waals surface area contributed by atoms with Crippen molar-refractivity contribution in [1.82, 2.24) is 0 Å². The highest BCUT2D eigenvalue weighted by molar-refractivity contribution is 5.51. The van der Waals surface area contributed by atoms with Crippen molar-refractivity contribution in [2.24, 2.45) is 0 Å². The van der Waals surface area contributed by atoms with Crippen LogP contribution in [0, 0.1) is 0 Å². The molecule has 1 N–H and O–H groups in total. The van der Waals surface area contributed by atoms with Gasteiger partial charge in [-0.2, -0.15) is 0 Å². The normalized spacial score (nSPS) is 10.5. The van der Waals surface area contributed by atoms with E-state index in [-0.39, 0.29) is 0 Å². The Bertz CT molecular complexity index is 293. The van der Waals surface area contributed by atoms with Crippen LogP contribution in [0.15, 0.2) is 24.3 Å². The van der Waals surface area contributed by atoms with Crippen molar-refractivity contribution in [2.45, 2.75) is 58.8 Å². The summed E-state index contributed by atoms with van der Waals surface area (Å²) in [5, 5.41) is 3.57. The Balaban J connectivity index is 2.25. The lowest BCUT2D eigenvalue weighted by molar-refractivity contribution is 0.645. The Morgan fingerprint density at radius 1 is 0.882 bits per heavy atom. The predicted octanol–water partition coefficient (Wildman–Crippen LogP) is 5.02. The fourth-order valence-electron chi connectivity index (χ4n) is 2.13. The molecule has 1 heteroatoms. The van der Waals surface area contributed by atoms with Gasteiger partial charge in [-0.15, -0.1) is 0 Å². The van der Waals surface area contributed by atoms with Crippen LogP contribution in [0.25, 0.3) is 0 Å². The molecule has 0 amide bonds.